The van der Waals surface area contributed by atoms with E-state index in [0.29, 0.717) is 22.8 Å². The maximum atomic E-state index is 11.6. The summed E-state index contributed by atoms with van der Waals surface area (Å²) in [7, 11) is 1.31. The number of nitrogens with zero attached hydrogens (tertiary/aromatic N) is 1. The summed E-state index contributed by atoms with van der Waals surface area (Å²) < 4.78 is 10.3. The Balaban J connectivity index is 2.92. The van der Waals surface area contributed by atoms with E-state index >= 15 is 0 Å². The molecule has 0 saturated heterocycles. The number of carbonyl (C=O) groups is 1. The molecule has 0 aliphatic heterocycles. The van der Waals surface area contributed by atoms with Gasteiger partial charge in [0.2, 0.25) is 0 Å². The number of methoxy groups -OCH3 is 1. The Morgan fingerprint density at radius 1 is 1.53 bits per heavy atom. The lowest BCUT2D eigenvalue weighted by Gasteiger charge is -2.17. The molecule has 0 spiro atoms. The number of benzene rings is 1. The number of nitriles is 1. The largest absolute Gasteiger partial charge is 0.477 e. The summed E-state index contributed by atoms with van der Waals surface area (Å²) in [5.74, 6) is -0.140. The molecular formula is C14H16ClNO3. The lowest BCUT2D eigenvalue weighted by Crippen LogP contribution is -2.28. The number of esters is 1. The Hall–Kier alpha value is -1.73. The number of carbonyl (C=O) groups excluding carboxylic acids is 1. The van der Waals surface area contributed by atoms with Crippen LogP contribution in [0.15, 0.2) is 18.2 Å². The van der Waals surface area contributed by atoms with Crippen LogP contribution in [0.4, 0.5) is 0 Å². The van der Waals surface area contributed by atoms with Crippen LogP contribution in [0.2, 0.25) is 5.02 Å². The van der Waals surface area contributed by atoms with Crippen LogP contribution in [0.5, 0.6) is 5.75 Å². The average Bonchev–Trinajstić information content (AvgIpc) is 2.42. The van der Waals surface area contributed by atoms with Crippen LogP contribution in [-0.2, 0) is 9.53 Å². The number of halogens is 1. The predicted molar refractivity (Wildman–Crippen MR) is 72.1 cm³/mol. The van der Waals surface area contributed by atoms with Gasteiger partial charge in [0.25, 0.3) is 0 Å². The second-order valence-corrected chi connectivity index (χ2v) is 4.46. The van der Waals surface area contributed by atoms with Gasteiger partial charge >= 0.3 is 5.97 Å². The summed E-state index contributed by atoms with van der Waals surface area (Å²) >= 11 is 5.87. The Kier molecular flexibility index (Phi) is 6.17. The van der Waals surface area contributed by atoms with Crippen molar-refractivity contribution < 1.29 is 14.3 Å². The predicted octanol–water partition coefficient (Wildman–Crippen LogP) is 3.32. The summed E-state index contributed by atoms with van der Waals surface area (Å²) in [6.45, 7) is 2.02. The van der Waals surface area contributed by atoms with E-state index in [1.807, 2.05) is 13.0 Å². The molecule has 0 heterocycles. The SMILES string of the molecule is CCCCC(Oc1cc(Cl)ccc1C#N)C(=O)OC. The molecule has 0 N–H and O–H groups in total. The number of hydrogen-bond donors (Lipinski definition) is 0. The van der Waals surface area contributed by atoms with Crippen molar-refractivity contribution in [3.63, 3.8) is 0 Å². The summed E-state index contributed by atoms with van der Waals surface area (Å²) in [5, 5.41) is 9.46. The van der Waals surface area contributed by atoms with Crippen molar-refractivity contribution in [2.75, 3.05) is 7.11 Å². The van der Waals surface area contributed by atoms with E-state index in [2.05, 4.69) is 0 Å². The smallest absolute Gasteiger partial charge is 0.347 e. The summed E-state index contributed by atoms with van der Waals surface area (Å²) in [5.41, 5.74) is 0.342. The van der Waals surface area contributed by atoms with Gasteiger partial charge in [0.1, 0.15) is 11.8 Å². The van der Waals surface area contributed by atoms with Crippen LogP contribution >= 0.6 is 11.6 Å². The minimum absolute atomic E-state index is 0.307. The first-order chi connectivity index (χ1) is 9.12. The molecule has 1 rings (SSSR count). The van der Waals surface area contributed by atoms with Crippen LogP contribution in [0.3, 0.4) is 0 Å². The van der Waals surface area contributed by atoms with Crippen LogP contribution in [0.1, 0.15) is 31.7 Å². The normalized spacial score (nSPS) is 11.5. The molecule has 1 aromatic carbocycles. The zero-order chi connectivity index (χ0) is 14.3. The van der Waals surface area contributed by atoms with Gasteiger partial charge in [-0.1, -0.05) is 24.9 Å². The van der Waals surface area contributed by atoms with Crippen molar-refractivity contribution >= 4 is 17.6 Å². The van der Waals surface area contributed by atoms with Crippen LogP contribution in [-0.4, -0.2) is 19.2 Å². The molecule has 1 unspecified atom stereocenters. The van der Waals surface area contributed by atoms with Gasteiger partial charge in [-0.25, -0.2) is 4.79 Å². The number of rotatable bonds is 6. The van der Waals surface area contributed by atoms with E-state index in [9.17, 15) is 4.79 Å². The summed E-state index contributed by atoms with van der Waals surface area (Å²) in [4.78, 5) is 11.6. The number of ether oxygens (including phenoxy) is 2. The molecule has 0 aromatic heterocycles. The van der Waals surface area contributed by atoms with Gasteiger partial charge in [-0.05, 0) is 25.0 Å². The van der Waals surface area contributed by atoms with Crippen LogP contribution in [0.25, 0.3) is 0 Å². The highest BCUT2D eigenvalue weighted by Gasteiger charge is 2.22. The highest BCUT2D eigenvalue weighted by atomic mass is 35.5. The highest BCUT2D eigenvalue weighted by Crippen LogP contribution is 2.25. The van der Waals surface area contributed by atoms with Crippen molar-refractivity contribution in [3.05, 3.63) is 28.8 Å². The van der Waals surface area contributed by atoms with E-state index in [4.69, 9.17) is 26.3 Å². The molecule has 102 valence electrons. The lowest BCUT2D eigenvalue weighted by molar-refractivity contribution is -0.149. The molecule has 0 amide bonds. The topological polar surface area (TPSA) is 59.3 Å². The third-order valence-electron chi connectivity index (χ3n) is 2.62. The molecule has 1 atom stereocenters. The Labute approximate surface area is 117 Å². The van der Waals surface area contributed by atoms with Crippen molar-refractivity contribution in [2.24, 2.45) is 0 Å². The first kappa shape index (κ1) is 15.3. The van der Waals surface area contributed by atoms with E-state index in [1.165, 1.54) is 13.2 Å². The fraction of sp³-hybridized carbons (Fsp3) is 0.429. The van der Waals surface area contributed by atoms with Crippen molar-refractivity contribution in [3.8, 4) is 11.8 Å². The van der Waals surface area contributed by atoms with Gasteiger partial charge in [-0.3, -0.25) is 0 Å². The highest BCUT2D eigenvalue weighted by molar-refractivity contribution is 6.30. The maximum Gasteiger partial charge on any atom is 0.347 e. The van der Waals surface area contributed by atoms with Gasteiger partial charge in [-0.2, -0.15) is 5.26 Å². The molecule has 0 aliphatic carbocycles. The van der Waals surface area contributed by atoms with Crippen molar-refractivity contribution in [1.82, 2.24) is 0 Å². The molecule has 0 radical (unpaired) electrons. The molecule has 0 bridgehead atoms. The lowest BCUT2D eigenvalue weighted by atomic mass is 10.1. The van der Waals surface area contributed by atoms with Crippen LogP contribution in [0, 0.1) is 11.3 Å². The molecule has 0 saturated carbocycles. The summed E-state index contributed by atoms with van der Waals surface area (Å²) in [6, 6.07) is 6.70. The van der Waals surface area contributed by atoms with Gasteiger partial charge in [0.15, 0.2) is 6.10 Å². The van der Waals surface area contributed by atoms with E-state index in [0.717, 1.165) is 12.8 Å². The minimum atomic E-state index is -0.712. The third kappa shape index (κ3) is 4.46. The second kappa shape index (κ2) is 7.65. The minimum Gasteiger partial charge on any atom is -0.477 e. The van der Waals surface area contributed by atoms with Gasteiger partial charge < -0.3 is 9.47 Å². The second-order valence-electron chi connectivity index (χ2n) is 4.02. The number of hydrogen-bond acceptors (Lipinski definition) is 4. The zero-order valence-corrected chi connectivity index (χ0v) is 11.7. The first-order valence-electron chi connectivity index (χ1n) is 6.06. The molecule has 0 fully saturated rings. The fourth-order valence-corrected chi connectivity index (χ4v) is 1.75. The fourth-order valence-electron chi connectivity index (χ4n) is 1.59. The van der Waals surface area contributed by atoms with Crippen molar-refractivity contribution in [1.29, 1.82) is 5.26 Å². The van der Waals surface area contributed by atoms with Crippen molar-refractivity contribution in [2.45, 2.75) is 32.3 Å². The Bertz CT molecular complexity index is 482. The van der Waals surface area contributed by atoms with Gasteiger partial charge in [0.05, 0.1) is 12.7 Å². The third-order valence-corrected chi connectivity index (χ3v) is 2.85. The van der Waals surface area contributed by atoms with E-state index in [1.54, 1.807) is 12.1 Å². The summed E-state index contributed by atoms with van der Waals surface area (Å²) in [6.07, 6.45) is 1.61. The van der Waals surface area contributed by atoms with Crippen LogP contribution < -0.4 is 4.74 Å². The first-order valence-corrected chi connectivity index (χ1v) is 6.44. The molecule has 4 nitrogen and oxygen atoms in total. The monoisotopic (exact) mass is 281 g/mol. The Morgan fingerprint density at radius 3 is 2.84 bits per heavy atom. The molecule has 19 heavy (non-hydrogen) atoms. The number of unbranched alkanes of at least 4 members (excludes halogenated alkanes) is 1. The molecule has 1 aromatic rings. The molecule has 0 aliphatic rings. The quantitative estimate of drug-likeness (QED) is 0.751. The zero-order valence-electron chi connectivity index (χ0n) is 11.0. The standard InChI is InChI=1S/C14H16ClNO3/c1-3-4-5-12(14(17)18-2)19-13-8-11(15)7-6-10(13)9-16/h6-8,12H,3-5H2,1-2H3. The van der Waals surface area contributed by atoms with Gasteiger partial charge in [0, 0.05) is 11.1 Å². The average molecular weight is 282 g/mol. The maximum absolute atomic E-state index is 11.6. The molecular weight excluding hydrogens is 266 g/mol. The Morgan fingerprint density at radius 2 is 2.26 bits per heavy atom. The van der Waals surface area contributed by atoms with E-state index < -0.39 is 12.1 Å². The van der Waals surface area contributed by atoms with Gasteiger partial charge in [-0.15, -0.1) is 0 Å². The van der Waals surface area contributed by atoms with E-state index in [-0.39, 0.29) is 0 Å². The molecule has 5 heteroatoms.